The van der Waals surface area contributed by atoms with E-state index in [0.717, 1.165) is 38.5 Å². The van der Waals surface area contributed by atoms with Gasteiger partial charge in [-0.05, 0) is 19.3 Å². The van der Waals surface area contributed by atoms with Gasteiger partial charge < -0.3 is 40.3 Å². The van der Waals surface area contributed by atoms with Crippen LogP contribution in [-0.2, 0) is 14.3 Å². The zero-order valence-corrected chi connectivity index (χ0v) is 56.9. The number of ether oxygens (including phenoxy) is 2. The van der Waals surface area contributed by atoms with E-state index in [2.05, 4.69) is 19.2 Å². The Morgan fingerprint density at radius 2 is 0.647 bits per heavy atom. The quantitative estimate of drug-likeness (QED) is 0.0261. The van der Waals surface area contributed by atoms with Gasteiger partial charge in [0, 0.05) is 6.42 Å². The molecule has 1 rings (SSSR count). The molecule has 0 aliphatic carbocycles. The number of hydrogen-bond acceptors (Lipinski definition) is 8. The maximum Gasteiger partial charge on any atom is 0.220 e. The molecule has 0 bridgehead atoms. The maximum atomic E-state index is 13.2. The van der Waals surface area contributed by atoms with Crippen molar-refractivity contribution >= 4 is 5.91 Å². The summed E-state index contributed by atoms with van der Waals surface area (Å²) >= 11 is 0. The van der Waals surface area contributed by atoms with Crippen LogP contribution in [0.3, 0.4) is 0 Å². The van der Waals surface area contributed by atoms with Crippen molar-refractivity contribution in [2.75, 3.05) is 13.2 Å². The van der Waals surface area contributed by atoms with Crippen LogP contribution in [-0.4, -0.2) is 87.5 Å². The van der Waals surface area contributed by atoms with Crippen molar-refractivity contribution in [1.29, 1.82) is 0 Å². The van der Waals surface area contributed by atoms with Gasteiger partial charge in [-0.1, -0.05) is 398 Å². The van der Waals surface area contributed by atoms with E-state index in [-0.39, 0.29) is 12.5 Å². The molecule has 1 aliphatic rings. The van der Waals surface area contributed by atoms with Crippen molar-refractivity contribution in [2.24, 2.45) is 0 Å². The highest BCUT2D eigenvalue weighted by Crippen LogP contribution is 2.24. The van der Waals surface area contributed by atoms with Gasteiger partial charge in [-0.3, -0.25) is 4.79 Å². The van der Waals surface area contributed by atoms with Crippen LogP contribution in [0.15, 0.2) is 12.2 Å². The third-order valence-corrected chi connectivity index (χ3v) is 18.9. The van der Waals surface area contributed by atoms with Gasteiger partial charge in [0.2, 0.25) is 5.91 Å². The minimum atomic E-state index is -1.57. The number of carbonyl (C=O) groups is 1. The molecular weight excluding hydrogens is 1050 g/mol. The van der Waals surface area contributed by atoms with Gasteiger partial charge >= 0.3 is 0 Å². The summed E-state index contributed by atoms with van der Waals surface area (Å²) in [6.45, 7) is 3.86. The van der Waals surface area contributed by atoms with Gasteiger partial charge in [0.25, 0.3) is 0 Å². The average Bonchev–Trinajstić information content (AvgIpc) is 3.71. The van der Waals surface area contributed by atoms with Crippen molar-refractivity contribution in [3.05, 3.63) is 12.2 Å². The molecule has 1 amide bonds. The minimum Gasteiger partial charge on any atom is -0.394 e. The molecule has 506 valence electrons. The van der Waals surface area contributed by atoms with Crippen LogP contribution >= 0.6 is 0 Å². The Hall–Kier alpha value is -1.07. The summed E-state index contributed by atoms with van der Waals surface area (Å²) in [6.07, 6.45) is 79.2. The van der Waals surface area contributed by atoms with Crippen LogP contribution in [0.5, 0.6) is 0 Å². The van der Waals surface area contributed by atoms with Crippen molar-refractivity contribution < 1.29 is 39.8 Å². The standard InChI is InChI=1S/C76H149NO8/c1-3-5-7-9-11-13-15-17-19-21-23-25-27-29-31-33-34-35-36-38-40-42-44-46-48-50-52-54-56-58-60-62-64-66-72(80)77-69(68-84-76-75(83)74(82)73(81)71(67-78)85-76)70(79)65-63-61-59-57-55-53-51-49-47-45-43-41-39-37-32-30-28-26-24-22-20-18-16-14-12-10-8-6-4-2/h63,65,69-71,73-76,78-79,81-83H,3-62,64,66-68H2,1-2H3,(H,77,80)/b65-63+. The molecular formula is C76H149NO8. The molecule has 0 saturated carbocycles. The molecule has 1 heterocycles. The van der Waals surface area contributed by atoms with Crippen LogP contribution in [0.4, 0.5) is 0 Å². The van der Waals surface area contributed by atoms with Crippen molar-refractivity contribution in [2.45, 2.75) is 455 Å². The number of allylic oxidation sites excluding steroid dienone is 1. The molecule has 9 heteroatoms. The van der Waals surface area contributed by atoms with E-state index in [1.807, 2.05) is 6.08 Å². The smallest absolute Gasteiger partial charge is 0.220 e. The fourth-order valence-electron chi connectivity index (χ4n) is 12.9. The van der Waals surface area contributed by atoms with E-state index in [1.165, 1.54) is 353 Å². The van der Waals surface area contributed by atoms with Crippen LogP contribution in [0.1, 0.15) is 412 Å². The monoisotopic (exact) mass is 1200 g/mol. The van der Waals surface area contributed by atoms with Crippen LogP contribution < -0.4 is 5.32 Å². The lowest BCUT2D eigenvalue weighted by molar-refractivity contribution is -0.302. The molecule has 9 nitrogen and oxygen atoms in total. The largest absolute Gasteiger partial charge is 0.394 e. The molecule has 7 unspecified atom stereocenters. The van der Waals surface area contributed by atoms with Gasteiger partial charge in [-0.2, -0.15) is 0 Å². The molecule has 7 atom stereocenters. The zero-order valence-electron chi connectivity index (χ0n) is 56.9. The number of aliphatic hydroxyl groups is 5. The highest BCUT2D eigenvalue weighted by Gasteiger charge is 2.44. The van der Waals surface area contributed by atoms with E-state index in [9.17, 15) is 30.3 Å². The number of hydrogen-bond donors (Lipinski definition) is 6. The molecule has 85 heavy (non-hydrogen) atoms. The predicted molar refractivity (Wildman–Crippen MR) is 364 cm³/mol. The number of rotatable bonds is 69. The normalized spacial score (nSPS) is 18.0. The predicted octanol–water partition coefficient (Wildman–Crippen LogP) is 21.4. The van der Waals surface area contributed by atoms with Gasteiger partial charge in [-0.15, -0.1) is 0 Å². The molecule has 1 fully saturated rings. The van der Waals surface area contributed by atoms with E-state index >= 15 is 0 Å². The number of amides is 1. The highest BCUT2D eigenvalue weighted by molar-refractivity contribution is 5.76. The summed E-state index contributed by atoms with van der Waals surface area (Å²) in [4.78, 5) is 13.2. The van der Waals surface area contributed by atoms with E-state index in [1.54, 1.807) is 6.08 Å². The molecule has 0 aromatic rings. The minimum absolute atomic E-state index is 0.166. The first-order valence-electron chi connectivity index (χ1n) is 38.4. The Balaban J connectivity index is 2.07. The lowest BCUT2D eigenvalue weighted by Gasteiger charge is -2.40. The summed E-state index contributed by atoms with van der Waals surface area (Å²) < 4.78 is 11.3. The Bertz CT molecular complexity index is 1350. The summed E-state index contributed by atoms with van der Waals surface area (Å²) in [5.74, 6) is -0.166. The van der Waals surface area contributed by atoms with Crippen LogP contribution in [0.25, 0.3) is 0 Å². The molecule has 0 spiro atoms. The molecule has 0 radical (unpaired) electrons. The first kappa shape index (κ1) is 81.9. The topological polar surface area (TPSA) is 149 Å². The zero-order chi connectivity index (χ0) is 61.4. The van der Waals surface area contributed by atoms with Crippen molar-refractivity contribution in [1.82, 2.24) is 5.32 Å². The van der Waals surface area contributed by atoms with Crippen LogP contribution in [0, 0.1) is 0 Å². The second-order valence-corrected chi connectivity index (χ2v) is 27.2. The number of nitrogens with one attached hydrogen (secondary N) is 1. The third-order valence-electron chi connectivity index (χ3n) is 18.9. The summed E-state index contributed by atoms with van der Waals surface area (Å²) in [5.41, 5.74) is 0. The first-order chi connectivity index (χ1) is 41.8. The molecule has 6 N–H and O–H groups in total. The first-order valence-corrected chi connectivity index (χ1v) is 38.4. The number of carbonyl (C=O) groups excluding carboxylic acids is 1. The van der Waals surface area contributed by atoms with Gasteiger partial charge in [-0.25, -0.2) is 0 Å². The Kier molecular flexibility index (Phi) is 63.5. The number of unbranched alkanes of at least 4 members (excludes halogenated alkanes) is 59. The fraction of sp³-hybridized carbons (Fsp3) is 0.961. The summed E-state index contributed by atoms with van der Waals surface area (Å²) in [5, 5.41) is 54.9. The lowest BCUT2D eigenvalue weighted by Crippen LogP contribution is -2.60. The highest BCUT2D eigenvalue weighted by atomic mass is 16.7. The van der Waals surface area contributed by atoms with Crippen molar-refractivity contribution in [3.8, 4) is 0 Å². The lowest BCUT2D eigenvalue weighted by atomic mass is 9.99. The van der Waals surface area contributed by atoms with E-state index < -0.39 is 49.5 Å². The van der Waals surface area contributed by atoms with E-state index in [4.69, 9.17) is 9.47 Å². The Morgan fingerprint density at radius 1 is 0.388 bits per heavy atom. The molecule has 1 saturated heterocycles. The third kappa shape index (κ3) is 54.4. The second kappa shape index (κ2) is 65.9. The summed E-state index contributed by atoms with van der Waals surface area (Å²) in [7, 11) is 0. The molecule has 1 aliphatic heterocycles. The summed E-state index contributed by atoms with van der Waals surface area (Å²) in [6, 6.07) is -0.803. The SMILES string of the molecule is CCCCCCCCCCCCCCCCCCCCCCCCCCCCC/C=C/C(O)C(COC1OC(CO)C(O)C(O)C1O)NC(=O)CCCCCCCCCCCCCCCCCCCCCCCCCCCCCCCCCCC. The number of aliphatic hydroxyl groups excluding tert-OH is 5. The Morgan fingerprint density at radius 3 is 0.918 bits per heavy atom. The van der Waals surface area contributed by atoms with E-state index in [0.29, 0.717) is 6.42 Å². The maximum absolute atomic E-state index is 13.2. The molecule has 0 aromatic heterocycles. The molecule has 0 aromatic carbocycles. The second-order valence-electron chi connectivity index (χ2n) is 27.2. The average molecular weight is 1210 g/mol. The van der Waals surface area contributed by atoms with Gasteiger partial charge in [0.1, 0.15) is 24.4 Å². The van der Waals surface area contributed by atoms with Crippen LogP contribution in [0.2, 0.25) is 0 Å². The van der Waals surface area contributed by atoms with Gasteiger partial charge in [0.05, 0.1) is 25.4 Å². The van der Waals surface area contributed by atoms with Crippen molar-refractivity contribution in [3.63, 3.8) is 0 Å². The fourth-order valence-corrected chi connectivity index (χ4v) is 12.9. The van der Waals surface area contributed by atoms with Gasteiger partial charge in [0.15, 0.2) is 6.29 Å². The Labute approximate surface area is 528 Å².